The highest BCUT2D eigenvalue weighted by Gasteiger charge is 2.26. The molecule has 0 aliphatic carbocycles. The molecule has 1 unspecified atom stereocenters. The van der Waals surface area contributed by atoms with Crippen molar-refractivity contribution in [2.45, 2.75) is 98.3 Å². The SMILES string of the molecule is CCCCCCCCCCCC(C)(CC)C(C)=O. The third kappa shape index (κ3) is 7.89. The quantitative estimate of drug-likeness (QED) is 0.395. The van der Waals surface area contributed by atoms with Crippen molar-refractivity contribution >= 4 is 5.78 Å². The highest BCUT2D eigenvalue weighted by molar-refractivity contribution is 5.81. The number of unbranched alkanes of at least 4 members (excludes halogenated alkanes) is 8. The maximum atomic E-state index is 11.6. The van der Waals surface area contributed by atoms with Crippen LogP contribution in [0.1, 0.15) is 98.3 Å². The molecule has 0 N–H and O–H groups in total. The Morgan fingerprint density at radius 1 is 0.833 bits per heavy atom. The van der Waals surface area contributed by atoms with Gasteiger partial charge in [-0.05, 0) is 19.8 Å². The van der Waals surface area contributed by atoms with Crippen LogP contribution in [0.2, 0.25) is 0 Å². The minimum Gasteiger partial charge on any atom is -0.299 e. The van der Waals surface area contributed by atoms with Crippen LogP contribution in [0.5, 0.6) is 0 Å². The maximum Gasteiger partial charge on any atom is 0.135 e. The molecule has 0 fully saturated rings. The molecule has 0 aromatic carbocycles. The van der Waals surface area contributed by atoms with E-state index < -0.39 is 0 Å². The highest BCUT2D eigenvalue weighted by atomic mass is 16.1. The van der Waals surface area contributed by atoms with Gasteiger partial charge in [0.05, 0.1) is 0 Å². The highest BCUT2D eigenvalue weighted by Crippen LogP contribution is 2.29. The lowest BCUT2D eigenvalue weighted by atomic mass is 9.79. The van der Waals surface area contributed by atoms with Gasteiger partial charge in [-0.2, -0.15) is 0 Å². The van der Waals surface area contributed by atoms with Crippen LogP contribution in [-0.2, 0) is 4.79 Å². The van der Waals surface area contributed by atoms with E-state index in [1.54, 1.807) is 6.92 Å². The average Bonchev–Trinajstić information content (AvgIpc) is 2.36. The Kier molecular flexibility index (Phi) is 10.4. The number of carbonyl (C=O) groups excluding carboxylic acids is 1. The van der Waals surface area contributed by atoms with Crippen LogP contribution in [0.4, 0.5) is 0 Å². The number of ketones is 1. The Balaban J connectivity index is 3.42. The second-order valence-electron chi connectivity index (χ2n) is 6.05. The first-order valence-electron chi connectivity index (χ1n) is 8.08. The molecule has 0 rings (SSSR count). The Bertz CT molecular complexity index is 210. The van der Waals surface area contributed by atoms with Crippen molar-refractivity contribution in [3.63, 3.8) is 0 Å². The predicted octanol–water partition coefficient (Wildman–Crippen LogP) is 5.91. The summed E-state index contributed by atoms with van der Waals surface area (Å²) in [4.78, 5) is 11.6. The normalized spacial score (nSPS) is 14.4. The summed E-state index contributed by atoms with van der Waals surface area (Å²) < 4.78 is 0. The van der Waals surface area contributed by atoms with Crippen LogP contribution >= 0.6 is 0 Å². The standard InChI is InChI=1S/C17H34O/c1-5-7-8-9-10-11-12-13-14-15-17(4,6-2)16(3)18/h5-15H2,1-4H3. The van der Waals surface area contributed by atoms with Crippen molar-refractivity contribution in [2.24, 2.45) is 5.41 Å². The third-order valence-corrected chi connectivity index (χ3v) is 4.46. The number of rotatable bonds is 12. The van der Waals surface area contributed by atoms with Crippen molar-refractivity contribution in [2.75, 3.05) is 0 Å². The number of Topliss-reactive ketones (excluding diaryl/α,β-unsaturated/α-hetero) is 1. The van der Waals surface area contributed by atoms with Gasteiger partial charge >= 0.3 is 0 Å². The fourth-order valence-electron chi connectivity index (χ4n) is 2.43. The van der Waals surface area contributed by atoms with Gasteiger partial charge in [0.2, 0.25) is 0 Å². The summed E-state index contributed by atoms with van der Waals surface area (Å²) in [6, 6.07) is 0. The number of carbonyl (C=O) groups is 1. The summed E-state index contributed by atoms with van der Waals surface area (Å²) in [7, 11) is 0. The van der Waals surface area contributed by atoms with E-state index in [2.05, 4.69) is 20.8 Å². The number of hydrogen-bond donors (Lipinski definition) is 0. The van der Waals surface area contributed by atoms with Crippen LogP contribution in [0.25, 0.3) is 0 Å². The summed E-state index contributed by atoms with van der Waals surface area (Å²) in [6.45, 7) is 8.27. The summed E-state index contributed by atoms with van der Waals surface area (Å²) in [6.07, 6.45) is 14.3. The summed E-state index contributed by atoms with van der Waals surface area (Å²) in [5, 5.41) is 0. The van der Waals surface area contributed by atoms with E-state index in [0.717, 1.165) is 12.8 Å². The summed E-state index contributed by atoms with van der Waals surface area (Å²) >= 11 is 0. The van der Waals surface area contributed by atoms with Crippen LogP contribution < -0.4 is 0 Å². The van der Waals surface area contributed by atoms with E-state index in [1.807, 2.05) is 0 Å². The zero-order chi connectivity index (χ0) is 13.9. The van der Waals surface area contributed by atoms with Gasteiger partial charge < -0.3 is 0 Å². The molecular formula is C17H34O. The molecule has 108 valence electrons. The van der Waals surface area contributed by atoms with Gasteiger partial charge in [0.15, 0.2) is 0 Å². The molecule has 0 aromatic rings. The van der Waals surface area contributed by atoms with Gasteiger partial charge in [0.1, 0.15) is 5.78 Å². The molecule has 0 aliphatic rings. The Morgan fingerprint density at radius 2 is 1.28 bits per heavy atom. The molecule has 0 aliphatic heterocycles. The summed E-state index contributed by atoms with van der Waals surface area (Å²) in [5.41, 5.74) is -0.0544. The molecule has 18 heavy (non-hydrogen) atoms. The predicted molar refractivity (Wildman–Crippen MR) is 80.9 cm³/mol. The number of hydrogen-bond acceptors (Lipinski definition) is 1. The van der Waals surface area contributed by atoms with Gasteiger partial charge in [-0.25, -0.2) is 0 Å². The molecule has 0 saturated heterocycles. The second kappa shape index (κ2) is 10.6. The molecule has 0 radical (unpaired) electrons. The minimum absolute atomic E-state index is 0.0544. The van der Waals surface area contributed by atoms with E-state index in [4.69, 9.17) is 0 Å². The van der Waals surface area contributed by atoms with E-state index in [0.29, 0.717) is 5.78 Å². The summed E-state index contributed by atoms with van der Waals surface area (Å²) in [5.74, 6) is 0.365. The molecule has 0 spiro atoms. The first-order chi connectivity index (χ1) is 8.56. The van der Waals surface area contributed by atoms with Crippen molar-refractivity contribution in [3.8, 4) is 0 Å². The van der Waals surface area contributed by atoms with Crippen molar-refractivity contribution in [1.82, 2.24) is 0 Å². The lowest BCUT2D eigenvalue weighted by Gasteiger charge is -2.24. The van der Waals surface area contributed by atoms with Crippen LogP contribution in [-0.4, -0.2) is 5.78 Å². The third-order valence-electron chi connectivity index (χ3n) is 4.46. The minimum atomic E-state index is -0.0544. The molecule has 1 heteroatoms. The maximum absolute atomic E-state index is 11.6. The molecule has 1 atom stereocenters. The van der Waals surface area contributed by atoms with Crippen molar-refractivity contribution in [1.29, 1.82) is 0 Å². The van der Waals surface area contributed by atoms with Gasteiger partial charge in [-0.3, -0.25) is 4.79 Å². The molecule has 0 heterocycles. The van der Waals surface area contributed by atoms with Crippen molar-refractivity contribution < 1.29 is 4.79 Å². The van der Waals surface area contributed by atoms with Crippen LogP contribution in [0.3, 0.4) is 0 Å². The lowest BCUT2D eigenvalue weighted by molar-refractivity contribution is -0.126. The van der Waals surface area contributed by atoms with Gasteiger partial charge in [0.25, 0.3) is 0 Å². The fourth-order valence-corrected chi connectivity index (χ4v) is 2.43. The monoisotopic (exact) mass is 254 g/mol. The zero-order valence-corrected chi connectivity index (χ0v) is 13.2. The topological polar surface area (TPSA) is 17.1 Å². The molecule has 0 aromatic heterocycles. The second-order valence-corrected chi connectivity index (χ2v) is 6.05. The zero-order valence-electron chi connectivity index (χ0n) is 13.2. The smallest absolute Gasteiger partial charge is 0.135 e. The fraction of sp³-hybridized carbons (Fsp3) is 0.941. The van der Waals surface area contributed by atoms with E-state index in [9.17, 15) is 4.79 Å². The first kappa shape index (κ1) is 17.7. The van der Waals surface area contributed by atoms with Crippen molar-refractivity contribution in [3.05, 3.63) is 0 Å². The van der Waals surface area contributed by atoms with E-state index >= 15 is 0 Å². The Hall–Kier alpha value is -0.330. The molecular weight excluding hydrogens is 220 g/mol. The molecule has 0 amide bonds. The average molecular weight is 254 g/mol. The molecule has 0 bridgehead atoms. The Morgan fingerprint density at radius 3 is 1.67 bits per heavy atom. The van der Waals surface area contributed by atoms with Crippen LogP contribution in [0, 0.1) is 5.41 Å². The van der Waals surface area contributed by atoms with Gasteiger partial charge in [-0.1, -0.05) is 78.6 Å². The van der Waals surface area contributed by atoms with E-state index in [1.165, 1.54) is 57.8 Å². The first-order valence-corrected chi connectivity index (χ1v) is 8.08. The molecule has 1 nitrogen and oxygen atoms in total. The largest absolute Gasteiger partial charge is 0.299 e. The van der Waals surface area contributed by atoms with E-state index in [-0.39, 0.29) is 5.41 Å². The lowest BCUT2D eigenvalue weighted by Crippen LogP contribution is -2.24. The molecule has 0 saturated carbocycles. The van der Waals surface area contributed by atoms with Gasteiger partial charge in [-0.15, -0.1) is 0 Å². The Labute approximate surface area is 115 Å². The van der Waals surface area contributed by atoms with Gasteiger partial charge in [0, 0.05) is 5.41 Å². The van der Waals surface area contributed by atoms with Crippen LogP contribution in [0.15, 0.2) is 0 Å².